The average molecular weight is 428 g/mol. The molecule has 0 saturated carbocycles. The van der Waals surface area contributed by atoms with Gasteiger partial charge in [-0.25, -0.2) is 4.79 Å². The Bertz CT molecular complexity index is 962. The zero-order chi connectivity index (χ0) is 18.5. The highest BCUT2D eigenvalue weighted by Crippen LogP contribution is 2.36. The Balaban J connectivity index is 1.84. The lowest BCUT2D eigenvalue weighted by atomic mass is 10.0. The quantitative estimate of drug-likeness (QED) is 0.526. The highest BCUT2D eigenvalue weighted by Gasteiger charge is 2.20. The maximum Gasteiger partial charge on any atom is 0.339 e. The van der Waals surface area contributed by atoms with Gasteiger partial charge in [-0.1, -0.05) is 58.4 Å². The summed E-state index contributed by atoms with van der Waals surface area (Å²) in [6.07, 6.45) is 3.07. The molecule has 0 aliphatic heterocycles. The van der Waals surface area contributed by atoms with E-state index in [1.54, 1.807) is 11.5 Å². The van der Waals surface area contributed by atoms with Gasteiger partial charge >= 0.3 is 5.97 Å². The molecule has 1 heterocycles. The number of aromatic carboxylic acids is 1. The zero-order valence-corrected chi connectivity index (χ0v) is 15.9. The second-order valence-electron chi connectivity index (χ2n) is 5.40. The molecule has 0 aliphatic carbocycles. The lowest BCUT2D eigenvalue weighted by molar-refractivity contribution is -0.111. The number of nitrogens with one attached hydrogen (secondary N) is 1. The monoisotopic (exact) mass is 427 g/mol. The van der Waals surface area contributed by atoms with Crippen molar-refractivity contribution in [2.75, 3.05) is 5.32 Å². The molecular weight excluding hydrogens is 414 g/mol. The zero-order valence-electron chi connectivity index (χ0n) is 13.5. The second kappa shape index (κ2) is 8.12. The van der Waals surface area contributed by atoms with Crippen LogP contribution in [-0.4, -0.2) is 17.0 Å². The minimum absolute atomic E-state index is 0.0961. The number of thiophene rings is 1. The van der Waals surface area contributed by atoms with Crippen molar-refractivity contribution < 1.29 is 14.7 Å². The Morgan fingerprint density at radius 2 is 1.73 bits per heavy atom. The fourth-order valence-corrected chi connectivity index (χ4v) is 3.62. The summed E-state index contributed by atoms with van der Waals surface area (Å²) >= 11 is 4.56. The molecule has 0 spiro atoms. The summed E-state index contributed by atoms with van der Waals surface area (Å²) in [6.45, 7) is 0. The predicted molar refractivity (Wildman–Crippen MR) is 109 cm³/mol. The van der Waals surface area contributed by atoms with Crippen molar-refractivity contribution in [3.05, 3.63) is 81.7 Å². The van der Waals surface area contributed by atoms with E-state index in [4.69, 9.17) is 0 Å². The van der Waals surface area contributed by atoms with Gasteiger partial charge in [0.15, 0.2) is 0 Å². The van der Waals surface area contributed by atoms with E-state index in [1.807, 2.05) is 54.6 Å². The summed E-state index contributed by atoms with van der Waals surface area (Å²) in [6, 6.07) is 16.8. The van der Waals surface area contributed by atoms with Crippen LogP contribution in [0.5, 0.6) is 0 Å². The number of amides is 1. The highest BCUT2D eigenvalue weighted by atomic mass is 79.9. The van der Waals surface area contributed by atoms with Crippen molar-refractivity contribution in [1.82, 2.24) is 0 Å². The van der Waals surface area contributed by atoms with Crippen molar-refractivity contribution in [2.45, 2.75) is 0 Å². The first kappa shape index (κ1) is 18.1. The van der Waals surface area contributed by atoms with Crippen LogP contribution in [0.1, 0.15) is 15.9 Å². The SMILES string of the molecule is O=C(/C=C\c1ccccc1)Nc1scc(-c2ccc(Br)cc2)c1C(=O)O. The van der Waals surface area contributed by atoms with E-state index in [1.165, 1.54) is 17.4 Å². The van der Waals surface area contributed by atoms with Crippen LogP contribution in [0.3, 0.4) is 0 Å². The number of carboxylic acids is 1. The number of carbonyl (C=O) groups excluding carboxylic acids is 1. The first-order valence-corrected chi connectivity index (χ1v) is 9.36. The first-order valence-electron chi connectivity index (χ1n) is 7.69. The second-order valence-corrected chi connectivity index (χ2v) is 7.19. The summed E-state index contributed by atoms with van der Waals surface area (Å²) in [7, 11) is 0. The summed E-state index contributed by atoms with van der Waals surface area (Å²) in [5.41, 5.74) is 2.35. The van der Waals surface area contributed by atoms with Gasteiger partial charge in [0.25, 0.3) is 0 Å². The van der Waals surface area contributed by atoms with Crippen LogP contribution in [0.4, 0.5) is 5.00 Å². The van der Waals surface area contributed by atoms with Crippen molar-refractivity contribution in [3.63, 3.8) is 0 Å². The van der Waals surface area contributed by atoms with Gasteiger partial charge in [-0.2, -0.15) is 0 Å². The van der Waals surface area contributed by atoms with Gasteiger partial charge in [0.1, 0.15) is 10.6 Å². The molecule has 0 radical (unpaired) electrons. The van der Waals surface area contributed by atoms with Gasteiger partial charge < -0.3 is 10.4 Å². The third kappa shape index (κ3) is 4.28. The van der Waals surface area contributed by atoms with Crippen molar-refractivity contribution in [1.29, 1.82) is 0 Å². The fourth-order valence-electron chi connectivity index (χ4n) is 2.39. The van der Waals surface area contributed by atoms with E-state index in [0.717, 1.165) is 15.6 Å². The lowest BCUT2D eigenvalue weighted by Gasteiger charge is -2.04. The molecule has 3 aromatic rings. The van der Waals surface area contributed by atoms with Crippen LogP contribution < -0.4 is 5.32 Å². The van der Waals surface area contributed by atoms with Gasteiger partial charge in [0, 0.05) is 21.5 Å². The van der Waals surface area contributed by atoms with Gasteiger partial charge in [-0.15, -0.1) is 11.3 Å². The van der Waals surface area contributed by atoms with E-state index in [0.29, 0.717) is 10.6 Å². The van der Waals surface area contributed by atoms with Crippen LogP contribution in [0.15, 0.2) is 70.5 Å². The molecule has 3 rings (SSSR count). The number of benzene rings is 2. The molecule has 26 heavy (non-hydrogen) atoms. The third-order valence-electron chi connectivity index (χ3n) is 3.62. The van der Waals surface area contributed by atoms with Gasteiger partial charge in [0.2, 0.25) is 5.91 Å². The number of halogens is 1. The topological polar surface area (TPSA) is 66.4 Å². The molecule has 0 aliphatic rings. The van der Waals surface area contributed by atoms with Crippen LogP contribution in [-0.2, 0) is 4.79 Å². The Morgan fingerprint density at radius 3 is 2.38 bits per heavy atom. The van der Waals surface area contributed by atoms with E-state index < -0.39 is 5.97 Å². The molecule has 0 saturated heterocycles. The summed E-state index contributed by atoms with van der Waals surface area (Å²) in [5.74, 6) is -1.45. The summed E-state index contributed by atoms with van der Waals surface area (Å²) < 4.78 is 0.910. The molecular formula is C20H14BrNO3S. The Morgan fingerprint density at radius 1 is 1.04 bits per heavy atom. The molecule has 2 aromatic carbocycles. The molecule has 0 unspecified atom stereocenters. The van der Waals surface area contributed by atoms with E-state index >= 15 is 0 Å². The molecule has 1 aromatic heterocycles. The molecule has 130 valence electrons. The van der Waals surface area contributed by atoms with Gasteiger partial charge in [0.05, 0.1) is 0 Å². The lowest BCUT2D eigenvalue weighted by Crippen LogP contribution is -2.10. The Kier molecular flexibility index (Phi) is 5.65. The Hall–Kier alpha value is -2.70. The maximum atomic E-state index is 12.2. The smallest absolute Gasteiger partial charge is 0.339 e. The number of hydrogen-bond acceptors (Lipinski definition) is 3. The van der Waals surface area contributed by atoms with Crippen LogP contribution in [0.2, 0.25) is 0 Å². The molecule has 0 bridgehead atoms. The number of carboxylic acid groups (broad SMARTS) is 1. The highest BCUT2D eigenvalue weighted by molar-refractivity contribution is 9.10. The van der Waals surface area contributed by atoms with E-state index in [-0.39, 0.29) is 11.5 Å². The normalized spacial score (nSPS) is 10.8. The van der Waals surface area contributed by atoms with E-state index in [2.05, 4.69) is 21.2 Å². The molecule has 0 atom stereocenters. The maximum absolute atomic E-state index is 12.2. The Labute approximate surface area is 162 Å². The number of hydrogen-bond donors (Lipinski definition) is 2. The predicted octanol–water partition coefficient (Wildman–Crippen LogP) is 5.53. The van der Waals surface area contributed by atoms with Crippen molar-refractivity contribution in [2.24, 2.45) is 0 Å². The summed E-state index contributed by atoms with van der Waals surface area (Å²) in [5, 5.41) is 14.3. The van der Waals surface area contributed by atoms with Crippen LogP contribution in [0, 0.1) is 0 Å². The fraction of sp³-hybridized carbons (Fsp3) is 0. The van der Waals surface area contributed by atoms with Crippen molar-refractivity contribution in [3.8, 4) is 11.1 Å². The minimum Gasteiger partial charge on any atom is -0.478 e. The number of rotatable bonds is 5. The molecule has 0 fully saturated rings. The summed E-state index contributed by atoms with van der Waals surface area (Å²) in [4.78, 5) is 23.9. The third-order valence-corrected chi connectivity index (χ3v) is 5.05. The largest absolute Gasteiger partial charge is 0.478 e. The molecule has 1 amide bonds. The standard InChI is InChI=1S/C20H14BrNO3S/c21-15-9-7-14(8-10-15)16-12-26-19(18(16)20(24)25)22-17(23)11-6-13-4-2-1-3-5-13/h1-12H,(H,22,23)(H,24,25)/b11-6-. The number of carbonyl (C=O) groups is 2. The van der Waals surface area contributed by atoms with Gasteiger partial charge in [-0.3, -0.25) is 4.79 Å². The molecule has 6 heteroatoms. The molecule has 4 nitrogen and oxygen atoms in total. The minimum atomic E-state index is -1.08. The van der Waals surface area contributed by atoms with Crippen molar-refractivity contribution >= 4 is 50.2 Å². The van der Waals surface area contributed by atoms with E-state index in [9.17, 15) is 14.7 Å². The van der Waals surface area contributed by atoms with Gasteiger partial charge in [-0.05, 0) is 29.3 Å². The molecule has 2 N–H and O–H groups in total. The average Bonchev–Trinajstić information content (AvgIpc) is 3.05. The number of anilines is 1. The van der Waals surface area contributed by atoms with Crippen LogP contribution >= 0.6 is 27.3 Å². The van der Waals surface area contributed by atoms with Crippen LogP contribution in [0.25, 0.3) is 17.2 Å². The first-order chi connectivity index (χ1) is 12.5.